The standard InChI is InChI=1S/C20H17ClF3NO3/c1-13(15-5-9-17(21)10-6-15)25-18(26)12-28-19(27)11-4-14-2-7-16(8-3-14)20(22,23)24/h2-11,13H,12H2,1H3,(H,25,26)/b11-4+/t13-/m1/s1. The molecule has 0 aliphatic carbocycles. The lowest BCUT2D eigenvalue weighted by Gasteiger charge is -2.14. The summed E-state index contributed by atoms with van der Waals surface area (Å²) in [6.07, 6.45) is -2.08. The Kier molecular flexibility index (Phi) is 7.23. The normalized spacial score (nSPS) is 12.6. The molecule has 1 amide bonds. The second-order valence-corrected chi connectivity index (χ2v) is 6.34. The Morgan fingerprint density at radius 3 is 2.29 bits per heavy atom. The van der Waals surface area contributed by atoms with Crippen LogP contribution in [-0.2, 0) is 20.5 Å². The molecule has 0 unspecified atom stereocenters. The van der Waals surface area contributed by atoms with Crippen LogP contribution in [0.25, 0.3) is 6.08 Å². The number of halogens is 4. The van der Waals surface area contributed by atoms with Crippen molar-refractivity contribution < 1.29 is 27.5 Å². The average Bonchev–Trinajstić information content (AvgIpc) is 2.64. The molecule has 4 nitrogen and oxygen atoms in total. The van der Waals surface area contributed by atoms with Crippen molar-refractivity contribution in [2.24, 2.45) is 0 Å². The number of hydrogen-bond donors (Lipinski definition) is 1. The number of benzene rings is 2. The quantitative estimate of drug-likeness (QED) is 0.549. The minimum Gasteiger partial charge on any atom is -0.452 e. The number of nitrogens with one attached hydrogen (secondary N) is 1. The van der Waals surface area contributed by atoms with Crippen LogP contribution in [0, 0.1) is 0 Å². The molecule has 0 aromatic heterocycles. The van der Waals surface area contributed by atoms with Gasteiger partial charge in [0, 0.05) is 11.1 Å². The topological polar surface area (TPSA) is 55.4 Å². The molecule has 0 aliphatic heterocycles. The Bertz CT molecular complexity index is 846. The van der Waals surface area contributed by atoms with Gasteiger partial charge in [-0.15, -0.1) is 0 Å². The van der Waals surface area contributed by atoms with E-state index in [4.69, 9.17) is 16.3 Å². The molecule has 8 heteroatoms. The van der Waals surface area contributed by atoms with Crippen LogP contribution in [0.2, 0.25) is 5.02 Å². The summed E-state index contributed by atoms with van der Waals surface area (Å²) in [6, 6.07) is 10.9. The predicted molar refractivity (Wildman–Crippen MR) is 99.4 cm³/mol. The molecular formula is C20H17ClF3NO3. The molecule has 148 valence electrons. The van der Waals surface area contributed by atoms with E-state index < -0.39 is 30.2 Å². The van der Waals surface area contributed by atoms with E-state index in [2.05, 4.69) is 5.32 Å². The number of carbonyl (C=O) groups is 2. The van der Waals surface area contributed by atoms with Gasteiger partial charge in [-0.3, -0.25) is 4.79 Å². The summed E-state index contributed by atoms with van der Waals surface area (Å²) in [5.74, 6) is -1.27. The van der Waals surface area contributed by atoms with Crippen molar-refractivity contribution in [3.05, 3.63) is 76.3 Å². The first kappa shape index (κ1) is 21.5. The largest absolute Gasteiger partial charge is 0.452 e. The van der Waals surface area contributed by atoms with Crippen molar-refractivity contribution in [1.82, 2.24) is 5.32 Å². The van der Waals surface area contributed by atoms with Gasteiger partial charge in [0.15, 0.2) is 6.61 Å². The van der Waals surface area contributed by atoms with Crippen LogP contribution in [0.3, 0.4) is 0 Å². The molecule has 0 spiro atoms. The first-order chi connectivity index (χ1) is 13.1. The van der Waals surface area contributed by atoms with Gasteiger partial charge in [0.25, 0.3) is 5.91 Å². The van der Waals surface area contributed by atoms with Crippen LogP contribution in [0.4, 0.5) is 13.2 Å². The highest BCUT2D eigenvalue weighted by Crippen LogP contribution is 2.29. The van der Waals surface area contributed by atoms with Gasteiger partial charge < -0.3 is 10.1 Å². The molecule has 28 heavy (non-hydrogen) atoms. The first-order valence-corrected chi connectivity index (χ1v) is 8.60. The summed E-state index contributed by atoms with van der Waals surface area (Å²) in [7, 11) is 0. The third-order valence-corrected chi connectivity index (χ3v) is 3.99. The van der Waals surface area contributed by atoms with Gasteiger partial charge >= 0.3 is 12.1 Å². The fourth-order valence-corrected chi connectivity index (χ4v) is 2.38. The molecule has 1 atom stereocenters. The third kappa shape index (κ3) is 6.74. The van der Waals surface area contributed by atoms with Crippen molar-refractivity contribution in [2.45, 2.75) is 19.1 Å². The monoisotopic (exact) mass is 411 g/mol. The highest BCUT2D eigenvalue weighted by molar-refractivity contribution is 6.30. The molecule has 2 aromatic carbocycles. The van der Waals surface area contributed by atoms with Crippen LogP contribution in [0.15, 0.2) is 54.6 Å². The summed E-state index contributed by atoms with van der Waals surface area (Å²) in [5.41, 5.74) is 0.454. The maximum absolute atomic E-state index is 12.5. The van der Waals surface area contributed by atoms with Crippen molar-refractivity contribution in [3.63, 3.8) is 0 Å². The maximum Gasteiger partial charge on any atom is 0.416 e. The Hall–Kier alpha value is -2.80. The van der Waals surface area contributed by atoms with Gasteiger partial charge in [0.1, 0.15) is 0 Å². The summed E-state index contributed by atoms with van der Waals surface area (Å²) >= 11 is 5.81. The zero-order valence-corrected chi connectivity index (χ0v) is 15.6. The third-order valence-electron chi connectivity index (χ3n) is 3.74. The smallest absolute Gasteiger partial charge is 0.416 e. The predicted octanol–water partition coefficient (Wildman–Crippen LogP) is 4.79. The Morgan fingerprint density at radius 1 is 1.11 bits per heavy atom. The number of amides is 1. The highest BCUT2D eigenvalue weighted by atomic mass is 35.5. The number of carbonyl (C=O) groups excluding carboxylic acids is 2. The minimum absolute atomic E-state index is 0.300. The van der Waals surface area contributed by atoms with Gasteiger partial charge in [0.2, 0.25) is 0 Å². The van der Waals surface area contributed by atoms with Crippen LogP contribution in [-0.4, -0.2) is 18.5 Å². The number of esters is 1. The molecule has 0 saturated carbocycles. The molecule has 0 aliphatic rings. The maximum atomic E-state index is 12.5. The van der Waals surface area contributed by atoms with Gasteiger partial charge in [-0.1, -0.05) is 35.9 Å². The van der Waals surface area contributed by atoms with E-state index in [-0.39, 0.29) is 6.04 Å². The van der Waals surface area contributed by atoms with Gasteiger partial charge in [-0.05, 0) is 48.4 Å². The van der Waals surface area contributed by atoms with Crippen LogP contribution in [0.5, 0.6) is 0 Å². The Labute approximate surface area is 165 Å². The molecule has 0 radical (unpaired) electrons. The summed E-state index contributed by atoms with van der Waals surface area (Å²) in [5, 5.41) is 3.25. The van der Waals surface area contributed by atoms with Gasteiger partial charge in [-0.2, -0.15) is 13.2 Å². The first-order valence-electron chi connectivity index (χ1n) is 8.22. The fraction of sp³-hybridized carbons (Fsp3) is 0.200. The van der Waals surface area contributed by atoms with E-state index >= 15 is 0 Å². The molecule has 1 N–H and O–H groups in total. The van der Waals surface area contributed by atoms with E-state index in [9.17, 15) is 22.8 Å². The van der Waals surface area contributed by atoms with E-state index in [1.165, 1.54) is 18.2 Å². The van der Waals surface area contributed by atoms with E-state index in [1.54, 1.807) is 31.2 Å². The lowest BCUT2D eigenvalue weighted by Crippen LogP contribution is -2.30. The highest BCUT2D eigenvalue weighted by Gasteiger charge is 2.29. The Balaban J connectivity index is 1.80. The second-order valence-electron chi connectivity index (χ2n) is 5.90. The molecule has 2 rings (SSSR count). The zero-order chi connectivity index (χ0) is 20.7. The van der Waals surface area contributed by atoms with Gasteiger partial charge in [0.05, 0.1) is 11.6 Å². The molecule has 0 saturated heterocycles. The lowest BCUT2D eigenvalue weighted by molar-refractivity contribution is -0.144. The number of hydrogen-bond acceptors (Lipinski definition) is 3. The second kappa shape index (κ2) is 9.41. The van der Waals surface area contributed by atoms with Crippen molar-refractivity contribution in [3.8, 4) is 0 Å². The van der Waals surface area contributed by atoms with Crippen molar-refractivity contribution in [1.29, 1.82) is 0 Å². The molecular weight excluding hydrogens is 395 g/mol. The molecule has 2 aromatic rings. The summed E-state index contributed by atoms with van der Waals surface area (Å²) < 4.78 is 42.3. The molecule has 0 heterocycles. The number of alkyl halides is 3. The summed E-state index contributed by atoms with van der Waals surface area (Å²) in [6.45, 7) is 1.29. The minimum atomic E-state index is -4.42. The summed E-state index contributed by atoms with van der Waals surface area (Å²) in [4.78, 5) is 23.5. The number of ether oxygens (including phenoxy) is 1. The zero-order valence-electron chi connectivity index (χ0n) is 14.8. The van der Waals surface area contributed by atoms with Crippen molar-refractivity contribution >= 4 is 29.6 Å². The lowest BCUT2D eigenvalue weighted by atomic mass is 10.1. The SMILES string of the molecule is C[C@@H](NC(=O)COC(=O)/C=C/c1ccc(C(F)(F)F)cc1)c1ccc(Cl)cc1. The number of rotatable bonds is 6. The van der Waals surface area contributed by atoms with Crippen LogP contribution >= 0.6 is 11.6 Å². The Morgan fingerprint density at radius 2 is 1.71 bits per heavy atom. The van der Waals surface area contributed by atoms with Crippen LogP contribution < -0.4 is 5.32 Å². The van der Waals surface area contributed by atoms with E-state index in [0.717, 1.165) is 23.8 Å². The van der Waals surface area contributed by atoms with E-state index in [1.807, 2.05) is 0 Å². The average molecular weight is 412 g/mol. The molecule has 0 fully saturated rings. The fourth-order valence-electron chi connectivity index (χ4n) is 2.25. The van der Waals surface area contributed by atoms with E-state index in [0.29, 0.717) is 10.6 Å². The molecule has 0 bridgehead atoms. The van der Waals surface area contributed by atoms with Gasteiger partial charge in [-0.25, -0.2) is 4.79 Å². The van der Waals surface area contributed by atoms with Crippen molar-refractivity contribution in [2.75, 3.05) is 6.61 Å². The van der Waals surface area contributed by atoms with Crippen LogP contribution in [0.1, 0.15) is 29.7 Å².